The minimum Gasteiger partial charge on any atom is -0.397 e. The van der Waals surface area contributed by atoms with Crippen molar-refractivity contribution in [2.24, 2.45) is 5.92 Å². The molecule has 0 aromatic rings. The van der Waals surface area contributed by atoms with Gasteiger partial charge in [-0.3, -0.25) is 0 Å². The van der Waals surface area contributed by atoms with Crippen LogP contribution in [0.3, 0.4) is 0 Å². The fourth-order valence-corrected chi connectivity index (χ4v) is 5.24. The van der Waals surface area contributed by atoms with Crippen molar-refractivity contribution in [2.45, 2.75) is 77.0 Å². The molecule has 1 saturated heterocycles. The summed E-state index contributed by atoms with van der Waals surface area (Å²) in [6, 6.07) is 0. The molecule has 0 aromatic carbocycles. The van der Waals surface area contributed by atoms with Gasteiger partial charge < -0.3 is 13.6 Å². The van der Waals surface area contributed by atoms with Crippen LogP contribution < -0.4 is 0 Å². The lowest BCUT2D eigenvalue weighted by Crippen LogP contribution is -2.28. The maximum atomic E-state index is 5.81. The van der Waals surface area contributed by atoms with Gasteiger partial charge in [0.25, 0.3) is 0 Å². The summed E-state index contributed by atoms with van der Waals surface area (Å²) >= 11 is 0. The second-order valence-electron chi connectivity index (χ2n) is 6.08. The molecular formula is C15H30O3Si. The first-order chi connectivity index (χ1) is 9.24. The Morgan fingerprint density at radius 3 is 2.53 bits per heavy atom. The van der Waals surface area contributed by atoms with E-state index in [1.807, 2.05) is 0 Å². The molecule has 1 heterocycles. The SMILES string of the molecule is CCO[SiH](OCC)C(C)CCCC1CCC2OC2C1. The predicted molar refractivity (Wildman–Crippen MR) is 79.7 cm³/mol. The van der Waals surface area contributed by atoms with Crippen molar-refractivity contribution >= 4 is 9.28 Å². The van der Waals surface area contributed by atoms with E-state index in [2.05, 4.69) is 20.8 Å². The molecule has 112 valence electrons. The molecule has 4 heteroatoms. The van der Waals surface area contributed by atoms with Gasteiger partial charge in [-0.2, -0.15) is 0 Å². The highest BCUT2D eigenvalue weighted by atomic mass is 28.3. The number of epoxide rings is 1. The van der Waals surface area contributed by atoms with Crippen LogP contribution >= 0.6 is 0 Å². The van der Waals surface area contributed by atoms with Gasteiger partial charge in [0.05, 0.1) is 12.2 Å². The van der Waals surface area contributed by atoms with Crippen molar-refractivity contribution < 1.29 is 13.6 Å². The molecule has 1 aliphatic heterocycles. The summed E-state index contributed by atoms with van der Waals surface area (Å²) in [5.74, 6) is 0.912. The molecule has 0 bridgehead atoms. The van der Waals surface area contributed by atoms with Crippen molar-refractivity contribution in [1.29, 1.82) is 0 Å². The van der Waals surface area contributed by atoms with Gasteiger partial charge in [0.2, 0.25) is 0 Å². The van der Waals surface area contributed by atoms with Crippen LogP contribution in [0.5, 0.6) is 0 Å². The van der Waals surface area contributed by atoms with Crippen molar-refractivity contribution in [3.8, 4) is 0 Å². The lowest BCUT2D eigenvalue weighted by molar-refractivity contribution is 0.202. The molecular weight excluding hydrogens is 256 g/mol. The summed E-state index contributed by atoms with van der Waals surface area (Å²) in [5.41, 5.74) is 0.633. The Morgan fingerprint density at radius 1 is 1.16 bits per heavy atom. The zero-order valence-electron chi connectivity index (χ0n) is 12.8. The third kappa shape index (κ3) is 4.85. The Morgan fingerprint density at radius 2 is 1.89 bits per heavy atom. The quantitative estimate of drug-likeness (QED) is 0.481. The van der Waals surface area contributed by atoms with Gasteiger partial charge >= 0.3 is 9.28 Å². The second kappa shape index (κ2) is 7.77. The number of rotatable bonds is 9. The molecule has 0 spiro atoms. The molecule has 4 unspecified atom stereocenters. The van der Waals surface area contributed by atoms with Gasteiger partial charge in [-0.25, -0.2) is 0 Å². The number of hydrogen-bond donors (Lipinski definition) is 0. The highest BCUT2D eigenvalue weighted by molar-refractivity contribution is 6.46. The molecule has 0 amide bonds. The molecule has 0 N–H and O–H groups in total. The Labute approximate surface area is 119 Å². The van der Waals surface area contributed by atoms with Crippen LogP contribution in [0.1, 0.15) is 59.3 Å². The van der Waals surface area contributed by atoms with Gasteiger partial charge in [0, 0.05) is 13.2 Å². The van der Waals surface area contributed by atoms with E-state index in [0.717, 1.165) is 19.1 Å². The first kappa shape index (κ1) is 15.5. The molecule has 1 aliphatic carbocycles. The lowest BCUT2D eigenvalue weighted by atomic mass is 9.86. The van der Waals surface area contributed by atoms with E-state index in [1.54, 1.807) is 0 Å². The zero-order chi connectivity index (χ0) is 13.7. The molecule has 1 saturated carbocycles. The van der Waals surface area contributed by atoms with E-state index in [4.69, 9.17) is 13.6 Å². The highest BCUT2D eigenvalue weighted by Crippen LogP contribution is 2.41. The van der Waals surface area contributed by atoms with Gasteiger partial charge in [-0.1, -0.05) is 19.8 Å². The molecule has 3 nitrogen and oxygen atoms in total. The van der Waals surface area contributed by atoms with E-state index in [0.29, 0.717) is 17.7 Å². The predicted octanol–water partition coefficient (Wildman–Crippen LogP) is 3.41. The van der Waals surface area contributed by atoms with E-state index in [-0.39, 0.29) is 0 Å². The molecule has 0 aromatic heterocycles. The van der Waals surface area contributed by atoms with E-state index in [1.165, 1.54) is 38.5 Å². The molecule has 19 heavy (non-hydrogen) atoms. The minimum absolute atomic E-state index is 0.630. The standard InChI is InChI=1S/C15H30O3Si/c1-4-16-19(17-5-2)12(3)7-6-8-13-9-10-14-15(11-13)18-14/h12-15,19H,4-11H2,1-3H3. The lowest BCUT2D eigenvalue weighted by Gasteiger charge is -2.23. The van der Waals surface area contributed by atoms with Gasteiger partial charge in [0.1, 0.15) is 0 Å². The number of fused-ring (bicyclic) bond motifs is 1. The van der Waals surface area contributed by atoms with Crippen LogP contribution in [0.25, 0.3) is 0 Å². The Balaban J connectivity index is 1.60. The third-order valence-corrected chi connectivity index (χ3v) is 7.10. The monoisotopic (exact) mass is 286 g/mol. The first-order valence-corrected chi connectivity index (χ1v) is 9.74. The fraction of sp³-hybridized carbons (Fsp3) is 1.00. The van der Waals surface area contributed by atoms with Crippen LogP contribution in [0.2, 0.25) is 5.54 Å². The van der Waals surface area contributed by atoms with Crippen molar-refractivity contribution in [1.82, 2.24) is 0 Å². The molecule has 2 rings (SSSR count). The van der Waals surface area contributed by atoms with Crippen molar-refractivity contribution in [2.75, 3.05) is 13.2 Å². The summed E-state index contributed by atoms with van der Waals surface area (Å²) < 4.78 is 17.2. The van der Waals surface area contributed by atoms with Crippen molar-refractivity contribution in [3.05, 3.63) is 0 Å². The van der Waals surface area contributed by atoms with E-state index >= 15 is 0 Å². The molecule has 0 radical (unpaired) electrons. The maximum Gasteiger partial charge on any atom is 0.324 e. The summed E-state index contributed by atoms with van der Waals surface area (Å²) in [4.78, 5) is 0. The maximum absolute atomic E-state index is 5.81. The van der Waals surface area contributed by atoms with E-state index in [9.17, 15) is 0 Å². The fourth-order valence-electron chi connectivity index (χ4n) is 3.32. The molecule has 2 aliphatic rings. The molecule has 2 fully saturated rings. The Bertz CT molecular complexity index is 256. The second-order valence-corrected chi connectivity index (χ2v) is 8.62. The average molecular weight is 286 g/mol. The Kier molecular flexibility index (Phi) is 6.33. The summed E-state index contributed by atoms with van der Waals surface area (Å²) in [6.45, 7) is 8.04. The largest absolute Gasteiger partial charge is 0.397 e. The molecule has 4 atom stereocenters. The van der Waals surface area contributed by atoms with Gasteiger partial charge in [-0.05, 0) is 51.0 Å². The third-order valence-electron chi connectivity index (χ3n) is 4.51. The zero-order valence-corrected chi connectivity index (χ0v) is 13.9. The first-order valence-electron chi connectivity index (χ1n) is 8.13. The smallest absolute Gasteiger partial charge is 0.324 e. The van der Waals surface area contributed by atoms with Crippen LogP contribution in [-0.4, -0.2) is 34.7 Å². The summed E-state index contributed by atoms with van der Waals surface area (Å²) in [7, 11) is -1.43. The van der Waals surface area contributed by atoms with E-state index < -0.39 is 9.28 Å². The van der Waals surface area contributed by atoms with Gasteiger partial charge in [-0.15, -0.1) is 0 Å². The number of ether oxygens (including phenoxy) is 1. The topological polar surface area (TPSA) is 31.0 Å². The van der Waals surface area contributed by atoms with Crippen LogP contribution in [-0.2, 0) is 13.6 Å². The van der Waals surface area contributed by atoms with Crippen LogP contribution in [0, 0.1) is 5.92 Å². The summed E-state index contributed by atoms with van der Waals surface area (Å²) in [5, 5.41) is 0. The van der Waals surface area contributed by atoms with Crippen LogP contribution in [0.4, 0.5) is 0 Å². The summed E-state index contributed by atoms with van der Waals surface area (Å²) in [6.07, 6.45) is 9.24. The Hall–Kier alpha value is 0.0969. The normalized spacial score (nSPS) is 31.3. The average Bonchev–Trinajstić information content (AvgIpc) is 3.17. The van der Waals surface area contributed by atoms with Crippen LogP contribution in [0.15, 0.2) is 0 Å². The van der Waals surface area contributed by atoms with Crippen molar-refractivity contribution in [3.63, 3.8) is 0 Å². The highest BCUT2D eigenvalue weighted by Gasteiger charge is 2.43. The minimum atomic E-state index is -1.43. The number of hydrogen-bond acceptors (Lipinski definition) is 3. The van der Waals surface area contributed by atoms with Gasteiger partial charge in [0.15, 0.2) is 0 Å².